The zero-order valence-electron chi connectivity index (χ0n) is 7.34. The van der Waals surface area contributed by atoms with Gasteiger partial charge in [0, 0.05) is 11.8 Å². The Kier molecular flexibility index (Phi) is 2.42. The van der Waals surface area contributed by atoms with Gasteiger partial charge in [0.1, 0.15) is 0 Å². The molecular formula is C9H14N2S. The SMILES string of the molecule is CCc1csc(CC2CNC2)n1. The lowest BCUT2D eigenvalue weighted by atomic mass is 10.0. The highest BCUT2D eigenvalue weighted by molar-refractivity contribution is 7.09. The number of aromatic nitrogens is 1. The smallest absolute Gasteiger partial charge is 0.0931 e. The Bertz CT molecular complexity index is 253. The second kappa shape index (κ2) is 3.54. The molecule has 0 radical (unpaired) electrons. The summed E-state index contributed by atoms with van der Waals surface area (Å²) >= 11 is 1.81. The Balaban J connectivity index is 1.93. The lowest BCUT2D eigenvalue weighted by Crippen LogP contribution is -2.43. The first kappa shape index (κ1) is 8.20. The van der Waals surface area contributed by atoms with Crippen molar-refractivity contribution in [1.82, 2.24) is 10.3 Å². The van der Waals surface area contributed by atoms with E-state index in [9.17, 15) is 0 Å². The zero-order chi connectivity index (χ0) is 8.39. The zero-order valence-corrected chi connectivity index (χ0v) is 8.16. The molecule has 2 heterocycles. The van der Waals surface area contributed by atoms with Gasteiger partial charge in [-0.1, -0.05) is 6.92 Å². The molecule has 0 unspecified atom stereocenters. The van der Waals surface area contributed by atoms with Crippen LogP contribution in [0.3, 0.4) is 0 Å². The van der Waals surface area contributed by atoms with Crippen LogP contribution in [0.1, 0.15) is 17.6 Å². The summed E-state index contributed by atoms with van der Waals surface area (Å²) < 4.78 is 0. The van der Waals surface area contributed by atoms with Crippen LogP contribution < -0.4 is 5.32 Å². The third kappa shape index (κ3) is 1.67. The van der Waals surface area contributed by atoms with Gasteiger partial charge in [-0.3, -0.25) is 0 Å². The molecule has 1 saturated heterocycles. The van der Waals surface area contributed by atoms with Crippen LogP contribution in [0.4, 0.5) is 0 Å². The van der Waals surface area contributed by atoms with Crippen molar-refractivity contribution < 1.29 is 0 Å². The van der Waals surface area contributed by atoms with Crippen LogP contribution in [0.5, 0.6) is 0 Å². The fourth-order valence-corrected chi connectivity index (χ4v) is 2.34. The molecule has 1 aliphatic heterocycles. The van der Waals surface area contributed by atoms with Crippen molar-refractivity contribution in [2.45, 2.75) is 19.8 Å². The summed E-state index contributed by atoms with van der Waals surface area (Å²) in [7, 11) is 0. The molecule has 2 nitrogen and oxygen atoms in total. The topological polar surface area (TPSA) is 24.9 Å². The van der Waals surface area contributed by atoms with Crippen LogP contribution in [0.15, 0.2) is 5.38 Å². The predicted octanol–water partition coefficient (Wildman–Crippen LogP) is 1.47. The number of hydrogen-bond donors (Lipinski definition) is 1. The lowest BCUT2D eigenvalue weighted by Gasteiger charge is -2.25. The third-order valence-electron chi connectivity index (χ3n) is 2.29. The van der Waals surface area contributed by atoms with E-state index >= 15 is 0 Å². The number of aryl methyl sites for hydroxylation is 1. The highest BCUT2D eigenvalue weighted by Gasteiger charge is 2.18. The summed E-state index contributed by atoms with van der Waals surface area (Å²) in [5.74, 6) is 0.848. The molecule has 0 aliphatic carbocycles. The van der Waals surface area contributed by atoms with Gasteiger partial charge in [-0.05, 0) is 25.4 Å². The van der Waals surface area contributed by atoms with Gasteiger partial charge in [0.25, 0.3) is 0 Å². The average Bonchev–Trinajstić information content (AvgIpc) is 2.44. The molecule has 66 valence electrons. The van der Waals surface area contributed by atoms with E-state index in [1.165, 1.54) is 30.2 Å². The quantitative estimate of drug-likeness (QED) is 0.765. The molecule has 1 aromatic heterocycles. The Labute approximate surface area is 77.0 Å². The molecule has 0 amide bonds. The Morgan fingerprint density at radius 1 is 1.67 bits per heavy atom. The van der Waals surface area contributed by atoms with Gasteiger partial charge in [0.05, 0.1) is 10.7 Å². The average molecular weight is 182 g/mol. The standard InChI is InChI=1S/C9H14N2S/c1-2-8-6-12-9(11-8)3-7-4-10-5-7/h6-7,10H,2-5H2,1H3. The minimum Gasteiger partial charge on any atom is -0.316 e. The van der Waals surface area contributed by atoms with E-state index in [0.29, 0.717) is 0 Å². The molecule has 0 atom stereocenters. The second-order valence-electron chi connectivity index (χ2n) is 3.31. The van der Waals surface area contributed by atoms with Gasteiger partial charge >= 0.3 is 0 Å². The molecule has 2 rings (SSSR count). The highest BCUT2D eigenvalue weighted by atomic mass is 32.1. The molecule has 0 aromatic carbocycles. The predicted molar refractivity (Wildman–Crippen MR) is 51.6 cm³/mol. The first-order valence-electron chi connectivity index (χ1n) is 4.52. The summed E-state index contributed by atoms with van der Waals surface area (Å²) in [6.45, 7) is 4.52. The van der Waals surface area contributed by atoms with Gasteiger partial charge in [0.15, 0.2) is 0 Å². The first-order chi connectivity index (χ1) is 5.88. The Morgan fingerprint density at radius 3 is 3.00 bits per heavy atom. The van der Waals surface area contributed by atoms with Crippen LogP contribution in [0, 0.1) is 5.92 Å². The first-order valence-corrected chi connectivity index (χ1v) is 5.40. The molecule has 1 aromatic rings. The molecule has 0 spiro atoms. The molecule has 0 bridgehead atoms. The summed E-state index contributed by atoms with van der Waals surface area (Å²) in [4.78, 5) is 4.54. The van der Waals surface area contributed by atoms with Crippen LogP contribution in [-0.2, 0) is 12.8 Å². The lowest BCUT2D eigenvalue weighted by molar-refractivity contribution is 0.346. The van der Waals surface area contributed by atoms with Gasteiger partial charge in [-0.25, -0.2) is 4.98 Å². The molecule has 1 N–H and O–H groups in total. The van der Waals surface area contributed by atoms with Crippen LogP contribution in [-0.4, -0.2) is 18.1 Å². The number of nitrogens with one attached hydrogen (secondary N) is 1. The van der Waals surface area contributed by atoms with E-state index in [1.54, 1.807) is 0 Å². The summed E-state index contributed by atoms with van der Waals surface area (Å²) in [6.07, 6.45) is 2.25. The largest absolute Gasteiger partial charge is 0.316 e. The van der Waals surface area contributed by atoms with Crippen LogP contribution >= 0.6 is 11.3 Å². The van der Waals surface area contributed by atoms with Crippen molar-refractivity contribution in [2.75, 3.05) is 13.1 Å². The van der Waals surface area contributed by atoms with E-state index in [2.05, 4.69) is 22.6 Å². The number of hydrogen-bond acceptors (Lipinski definition) is 3. The number of nitrogens with zero attached hydrogens (tertiary/aromatic N) is 1. The Hall–Kier alpha value is -0.410. The third-order valence-corrected chi connectivity index (χ3v) is 3.21. The molecule has 3 heteroatoms. The van der Waals surface area contributed by atoms with Crippen molar-refractivity contribution in [3.8, 4) is 0 Å². The second-order valence-corrected chi connectivity index (χ2v) is 4.26. The summed E-state index contributed by atoms with van der Waals surface area (Å²) in [5.41, 5.74) is 1.25. The van der Waals surface area contributed by atoms with Crippen LogP contribution in [0.25, 0.3) is 0 Å². The number of rotatable bonds is 3. The van der Waals surface area contributed by atoms with E-state index in [4.69, 9.17) is 0 Å². The van der Waals surface area contributed by atoms with Crippen molar-refractivity contribution in [3.05, 3.63) is 16.1 Å². The maximum Gasteiger partial charge on any atom is 0.0931 e. The maximum atomic E-state index is 4.54. The van der Waals surface area contributed by atoms with Crippen molar-refractivity contribution in [1.29, 1.82) is 0 Å². The summed E-state index contributed by atoms with van der Waals surface area (Å²) in [5, 5.41) is 6.78. The molecule has 12 heavy (non-hydrogen) atoms. The van der Waals surface area contributed by atoms with E-state index in [-0.39, 0.29) is 0 Å². The summed E-state index contributed by atoms with van der Waals surface area (Å²) in [6, 6.07) is 0. The van der Waals surface area contributed by atoms with Crippen molar-refractivity contribution in [3.63, 3.8) is 0 Å². The minimum absolute atomic E-state index is 0.848. The molecule has 1 fully saturated rings. The fourth-order valence-electron chi connectivity index (χ4n) is 1.34. The van der Waals surface area contributed by atoms with Gasteiger partial charge in [-0.2, -0.15) is 0 Å². The van der Waals surface area contributed by atoms with Gasteiger partial charge in [0.2, 0.25) is 0 Å². The maximum absolute atomic E-state index is 4.54. The fraction of sp³-hybridized carbons (Fsp3) is 0.667. The van der Waals surface area contributed by atoms with E-state index < -0.39 is 0 Å². The normalized spacial score (nSPS) is 17.8. The van der Waals surface area contributed by atoms with Crippen molar-refractivity contribution >= 4 is 11.3 Å². The van der Waals surface area contributed by atoms with E-state index in [0.717, 1.165) is 12.3 Å². The minimum atomic E-state index is 0.848. The monoisotopic (exact) mass is 182 g/mol. The van der Waals surface area contributed by atoms with Gasteiger partial charge < -0.3 is 5.32 Å². The van der Waals surface area contributed by atoms with Gasteiger partial charge in [-0.15, -0.1) is 11.3 Å². The number of thiazole rings is 1. The van der Waals surface area contributed by atoms with Crippen LogP contribution in [0.2, 0.25) is 0 Å². The molecule has 0 saturated carbocycles. The highest BCUT2D eigenvalue weighted by Crippen LogP contribution is 2.16. The van der Waals surface area contributed by atoms with E-state index in [1.807, 2.05) is 11.3 Å². The van der Waals surface area contributed by atoms with Crippen molar-refractivity contribution in [2.24, 2.45) is 5.92 Å². The molecule has 1 aliphatic rings. The molecular weight excluding hydrogens is 168 g/mol. The Morgan fingerprint density at radius 2 is 2.50 bits per heavy atom.